The van der Waals surface area contributed by atoms with E-state index in [1.165, 1.54) is 5.56 Å². The predicted octanol–water partition coefficient (Wildman–Crippen LogP) is 3.69. The minimum Gasteiger partial charge on any atom is -0.399 e. The maximum atomic E-state index is 6.21. The normalized spacial score (nSPS) is 18.6. The number of imidazole rings is 1. The molecule has 0 radical (unpaired) electrons. The third-order valence-electron chi connectivity index (χ3n) is 5.67. The molecule has 0 saturated carbocycles. The van der Waals surface area contributed by atoms with Gasteiger partial charge in [0.25, 0.3) is 0 Å². The summed E-state index contributed by atoms with van der Waals surface area (Å²) in [6.07, 6.45) is 0. The van der Waals surface area contributed by atoms with E-state index in [0.717, 1.165) is 28.9 Å². The second-order valence-electron chi connectivity index (χ2n) is 8.07. The highest BCUT2D eigenvalue weighted by atomic mass is 16.7. The third-order valence-corrected chi connectivity index (χ3v) is 5.67. The lowest BCUT2D eigenvalue weighted by atomic mass is 9.79. The monoisotopic (exact) mass is 348 g/mol. The van der Waals surface area contributed by atoms with Gasteiger partial charge in [0, 0.05) is 6.54 Å². The van der Waals surface area contributed by atoms with Gasteiger partial charge in [-0.2, -0.15) is 0 Å². The van der Waals surface area contributed by atoms with Gasteiger partial charge in [-0.1, -0.05) is 36.4 Å². The number of aryl methyl sites for hydroxylation is 1. The van der Waals surface area contributed by atoms with Crippen molar-refractivity contribution in [2.24, 2.45) is 0 Å². The average molecular weight is 348 g/mol. The molecule has 2 heterocycles. The smallest absolute Gasteiger partial charge is 0.399 e. The van der Waals surface area contributed by atoms with Crippen molar-refractivity contribution in [3.8, 4) is 0 Å². The van der Waals surface area contributed by atoms with E-state index in [9.17, 15) is 0 Å². The molecule has 1 fully saturated rings. The number of hydrogen-bond acceptors (Lipinski definition) is 3. The van der Waals surface area contributed by atoms with Crippen LogP contribution in [0.2, 0.25) is 0 Å². The summed E-state index contributed by atoms with van der Waals surface area (Å²) in [4.78, 5) is 4.72. The molecule has 4 nitrogen and oxygen atoms in total. The fourth-order valence-corrected chi connectivity index (χ4v) is 3.35. The van der Waals surface area contributed by atoms with Crippen LogP contribution in [0.3, 0.4) is 0 Å². The van der Waals surface area contributed by atoms with E-state index in [0.29, 0.717) is 0 Å². The number of rotatable bonds is 3. The zero-order valence-electron chi connectivity index (χ0n) is 16.1. The molecule has 134 valence electrons. The van der Waals surface area contributed by atoms with Crippen LogP contribution >= 0.6 is 0 Å². The van der Waals surface area contributed by atoms with Gasteiger partial charge in [0.15, 0.2) is 0 Å². The van der Waals surface area contributed by atoms with Crippen molar-refractivity contribution in [3.05, 3.63) is 59.9 Å². The van der Waals surface area contributed by atoms with Gasteiger partial charge in [-0.05, 0) is 57.8 Å². The number of aromatic nitrogens is 2. The number of fused-ring (bicyclic) bond motifs is 1. The van der Waals surface area contributed by atoms with Crippen molar-refractivity contribution in [2.45, 2.75) is 52.4 Å². The van der Waals surface area contributed by atoms with Gasteiger partial charge in [0.1, 0.15) is 5.82 Å². The molecule has 0 atom stereocenters. The predicted molar refractivity (Wildman–Crippen MR) is 106 cm³/mol. The van der Waals surface area contributed by atoms with E-state index in [1.807, 2.05) is 6.07 Å². The van der Waals surface area contributed by atoms with E-state index in [4.69, 9.17) is 14.3 Å². The minimum absolute atomic E-state index is 0.340. The maximum Gasteiger partial charge on any atom is 0.494 e. The van der Waals surface area contributed by atoms with E-state index in [1.54, 1.807) is 0 Å². The second kappa shape index (κ2) is 5.97. The van der Waals surface area contributed by atoms with Crippen LogP contribution in [0.15, 0.2) is 48.5 Å². The molecule has 0 N–H and O–H groups in total. The first-order chi connectivity index (χ1) is 12.3. The Morgan fingerprint density at radius 1 is 0.962 bits per heavy atom. The lowest BCUT2D eigenvalue weighted by molar-refractivity contribution is 0.00578. The number of nitrogens with zero attached hydrogens (tertiary/aromatic N) is 2. The van der Waals surface area contributed by atoms with Crippen LogP contribution in [0.25, 0.3) is 11.0 Å². The SMILES string of the molecule is Cc1nc2ccc(B3OC(C)(C)C(C)(C)O3)cc2n1Cc1ccccc1. The Kier molecular flexibility index (Phi) is 3.97. The first-order valence-corrected chi connectivity index (χ1v) is 9.13. The Hall–Kier alpha value is -2.11. The fourth-order valence-electron chi connectivity index (χ4n) is 3.35. The third kappa shape index (κ3) is 2.85. The molecule has 26 heavy (non-hydrogen) atoms. The summed E-state index contributed by atoms with van der Waals surface area (Å²) in [5.41, 5.74) is 3.72. The Morgan fingerprint density at radius 2 is 1.62 bits per heavy atom. The van der Waals surface area contributed by atoms with Crippen molar-refractivity contribution in [3.63, 3.8) is 0 Å². The van der Waals surface area contributed by atoms with Crippen LogP contribution in [0.4, 0.5) is 0 Å². The first-order valence-electron chi connectivity index (χ1n) is 9.13. The molecular formula is C21H25BN2O2. The molecule has 1 aliphatic rings. The molecule has 1 aliphatic heterocycles. The van der Waals surface area contributed by atoms with E-state index < -0.39 is 0 Å². The van der Waals surface area contributed by atoms with Crippen LogP contribution in [-0.2, 0) is 15.9 Å². The highest BCUT2D eigenvalue weighted by Gasteiger charge is 2.51. The summed E-state index contributed by atoms with van der Waals surface area (Å²) in [5, 5.41) is 0. The highest BCUT2D eigenvalue weighted by molar-refractivity contribution is 6.62. The first kappa shape index (κ1) is 17.3. The molecular weight excluding hydrogens is 323 g/mol. The molecule has 3 aromatic rings. The Labute approximate surface area is 155 Å². The van der Waals surface area contributed by atoms with Gasteiger partial charge in [-0.15, -0.1) is 0 Å². The Bertz CT molecular complexity index is 931. The molecule has 0 unspecified atom stereocenters. The molecule has 5 heteroatoms. The minimum atomic E-state index is -0.357. The molecule has 0 bridgehead atoms. The number of hydrogen-bond donors (Lipinski definition) is 0. The summed E-state index contributed by atoms with van der Waals surface area (Å²) in [7, 11) is -0.357. The maximum absolute atomic E-state index is 6.21. The Morgan fingerprint density at radius 3 is 2.27 bits per heavy atom. The summed E-state index contributed by atoms with van der Waals surface area (Å²) < 4.78 is 14.7. The summed E-state index contributed by atoms with van der Waals surface area (Å²) >= 11 is 0. The van der Waals surface area contributed by atoms with Crippen LogP contribution in [-0.4, -0.2) is 27.9 Å². The summed E-state index contributed by atoms with van der Waals surface area (Å²) in [6, 6.07) is 16.7. The highest BCUT2D eigenvalue weighted by Crippen LogP contribution is 2.36. The molecule has 0 aliphatic carbocycles. The molecule has 0 amide bonds. The fraction of sp³-hybridized carbons (Fsp3) is 0.381. The molecule has 1 saturated heterocycles. The van der Waals surface area contributed by atoms with Gasteiger partial charge in [0.05, 0.1) is 22.2 Å². The van der Waals surface area contributed by atoms with Crippen molar-refractivity contribution >= 4 is 23.6 Å². The van der Waals surface area contributed by atoms with E-state index in [2.05, 4.69) is 81.7 Å². The van der Waals surface area contributed by atoms with Gasteiger partial charge >= 0.3 is 7.12 Å². The van der Waals surface area contributed by atoms with Gasteiger partial charge < -0.3 is 13.9 Å². The molecule has 0 spiro atoms. The van der Waals surface area contributed by atoms with E-state index >= 15 is 0 Å². The van der Waals surface area contributed by atoms with Crippen molar-refractivity contribution < 1.29 is 9.31 Å². The topological polar surface area (TPSA) is 36.3 Å². The molecule has 2 aromatic carbocycles. The zero-order valence-corrected chi connectivity index (χ0v) is 16.1. The van der Waals surface area contributed by atoms with Gasteiger partial charge in [-0.25, -0.2) is 4.98 Å². The second-order valence-corrected chi connectivity index (χ2v) is 8.07. The van der Waals surface area contributed by atoms with E-state index in [-0.39, 0.29) is 18.3 Å². The lowest BCUT2D eigenvalue weighted by Gasteiger charge is -2.32. The van der Waals surface area contributed by atoms with Crippen LogP contribution in [0, 0.1) is 6.92 Å². The van der Waals surface area contributed by atoms with Gasteiger partial charge in [-0.3, -0.25) is 0 Å². The van der Waals surface area contributed by atoms with Crippen LogP contribution in [0.1, 0.15) is 39.1 Å². The molecule has 1 aromatic heterocycles. The zero-order chi connectivity index (χ0) is 18.5. The number of benzene rings is 2. The van der Waals surface area contributed by atoms with Crippen molar-refractivity contribution in [2.75, 3.05) is 0 Å². The van der Waals surface area contributed by atoms with Crippen LogP contribution < -0.4 is 5.46 Å². The molecule has 4 rings (SSSR count). The summed E-state index contributed by atoms with van der Waals surface area (Å²) in [5.74, 6) is 1.01. The lowest BCUT2D eigenvalue weighted by Crippen LogP contribution is -2.41. The van der Waals surface area contributed by atoms with Crippen LogP contribution in [0.5, 0.6) is 0 Å². The summed E-state index contributed by atoms with van der Waals surface area (Å²) in [6.45, 7) is 11.2. The van der Waals surface area contributed by atoms with Crippen molar-refractivity contribution in [1.82, 2.24) is 9.55 Å². The quantitative estimate of drug-likeness (QED) is 0.678. The van der Waals surface area contributed by atoms with Crippen molar-refractivity contribution in [1.29, 1.82) is 0 Å². The Balaban J connectivity index is 1.72. The average Bonchev–Trinajstić information content (AvgIpc) is 3.01. The van der Waals surface area contributed by atoms with Gasteiger partial charge in [0.2, 0.25) is 0 Å². The largest absolute Gasteiger partial charge is 0.494 e. The standard InChI is InChI=1S/C21H25BN2O2/c1-15-23-18-12-11-17(22-25-20(2,3)21(4,5)26-22)13-19(18)24(15)14-16-9-7-6-8-10-16/h6-13H,14H2,1-5H3.